The highest BCUT2D eigenvalue weighted by Crippen LogP contribution is 2.23. The molecule has 0 bridgehead atoms. The molecule has 0 saturated heterocycles. The van der Waals surface area contributed by atoms with Crippen molar-refractivity contribution >= 4 is 29.0 Å². The molecular weight excluding hydrogens is 322 g/mol. The first-order valence-corrected chi connectivity index (χ1v) is 8.53. The summed E-state index contributed by atoms with van der Waals surface area (Å²) in [5.74, 6) is 1.02. The van der Waals surface area contributed by atoms with Crippen molar-refractivity contribution in [1.29, 1.82) is 0 Å². The van der Waals surface area contributed by atoms with E-state index in [1.807, 2.05) is 30.3 Å². The average Bonchev–Trinajstić information content (AvgIpc) is 3.04. The summed E-state index contributed by atoms with van der Waals surface area (Å²) in [6.45, 7) is 2.09. The third-order valence-electron chi connectivity index (χ3n) is 3.18. The molecule has 3 aromatic rings. The van der Waals surface area contributed by atoms with Gasteiger partial charge in [0, 0.05) is 17.3 Å². The molecule has 2 amide bonds. The lowest BCUT2D eigenvalue weighted by molar-refractivity contribution is 0.262. The van der Waals surface area contributed by atoms with Crippen LogP contribution in [0.2, 0.25) is 0 Å². The predicted molar refractivity (Wildman–Crippen MR) is 96.2 cm³/mol. The molecule has 7 heteroatoms. The number of carbonyl (C=O) groups excluding carboxylic acids is 1. The van der Waals surface area contributed by atoms with Crippen molar-refractivity contribution in [1.82, 2.24) is 15.0 Å². The quantitative estimate of drug-likeness (QED) is 0.730. The predicted octanol–water partition coefficient (Wildman–Crippen LogP) is 4.20. The average molecular weight is 339 g/mol. The van der Waals surface area contributed by atoms with E-state index in [0.717, 1.165) is 29.2 Å². The standard InChI is InChI=1S/C17H17N5OS/c1-2-6-12-7-5-9-14(19-12)21-17(23)22-15-11-24-16(20-15)13-8-3-4-10-18-13/h3-5,7-11H,2,6H2,1H3,(H2,19,21,22,23). The highest BCUT2D eigenvalue weighted by Gasteiger charge is 2.09. The van der Waals surface area contributed by atoms with Gasteiger partial charge in [-0.05, 0) is 30.7 Å². The minimum Gasteiger partial charge on any atom is -0.292 e. The Morgan fingerprint density at radius 2 is 1.96 bits per heavy atom. The molecule has 0 saturated carbocycles. The van der Waals surface area contributed by atoms with Gasteiger partial charge in [-0.15, -0.1) is 11.3 Å². The number of carbonyl (C=O) groups is 1. The minimum absolute atomic E-state index is 0.367. The molecule has 0 spiro atoms. The van der Waals surface area contributed by atoms with Crippen LogP contribution in [-0.2, 0) is 6.42 Å². The molecule has 122 valence electrons. The lowest BCUT2D eigenvalue weighted by atomic mass is 10.2. The number of urea groups is 1. The number of amides is 2. The van der Waals surface area contributed by atoms with Crippen LogP contribution in [0.1, 0.15) is 19.0 Å². The molecule has 0 aliphatic rings. The van der Waals surface area contributed by atoms with Crippen LogP contribution in [0.5, 0.6) is 0 Å². The summed E-state index contributed by atoms with van der Waals surface area (Å²) in [4.78, 5) is 25.1. The number of nitrogens with one attached hydrogen (secondary N) is 2. The number of aryl methyl sites for hydroxylation is 1. The lowest BCUT2D eigenvalue weighted by Crippen LogP contribution is -2.20. The number of hydrogen-bond donors (Lipinski definition) is 2. The van der Waals surface area contributed by atoms with Gasteiger partial charge in [0.1, 0.15) is 16.6 Å². The van der Waals surface area contributed by atoms with Crippen molar-refractivity contribution in [2.45, 2.75) is 19.8 Å². The fourth-order valence-electron chi connectivity index (χ4n) is 2.15. The molecule has 0 fully saturated rings. The SMILES string of the molecule is CCCc1cccc(NC(=O)Nc2csc(-c3ccccn3)n2)n1. The van der Waals surface area contributed by atoms with Crippen molar-refractivity contribution in [2.24, 2.45) is 0 Å². The van der Waals surface area contributed by atoms with E-state index in [0.29, 0.717) is 11.6 Å². The second-order valence-corrected chi connectivity index (χ2v) is 5.95. The van der Waals surface area contributed by atoms with Gasteiger partial charge < -0.3 is 0 Å². The van der Waals surface area contributed by atoms with E-state index in [-0.39, 0.29) is 6.03 Å². The van der Waals surface area contributed by atoms with Gasteiger partial charge in [-0.25, -0.2) is 14.8 Å². The first-order chi connectivity index (χ1) is 11.7. The van der Waals surface area contributed by atoms with Crippen LogP contribution >= 0.6 is 11.3 Å². The highest BCUT2D eigenvalue weighted by molar-refractivity contribution is 7.13. The molecule has 6 nitrogen and oxygen atoms in total. The summed E-state index contributed by atoms with van der Waals surface area (Å²) in [6.07, 6.45) is 3.61. The summed E-state index contributed by atoms with van der Waals surface area (Å²) >= 11 is 1.43. The fraction of sp³-hybridized carbons (Fsp3) is 0.176. The molecule has 3 rings (SSSR count). The van der Waals surface area contributed by atoms with Crippen LogP contribution in [0.4, 0.5) is 16.4 Å². The van der Waals surface area contributed by atoms with Gasteiger partial charge in [0.2, 0.25) is 0 Å². The number of thiazole rings is 1. The third-order valence-corrected chi connectivity index (χ3v) is 4.05. The summed E-state index contributed by atoms with van der Waals surface area (Å²) in [7, 11) is 0. The first kappa shape index (κ1) is 16.1. The number of pyridine rings is 2. The van der Waals surface area contributed by atoms with Crippen molar-refractivity contribution in [2.75, 3.05) is 10.6 Å². The molecule has 0 aliphatic carbocycles. The third kappa shape index (κ3) is 4.14. The van der Waals surface area contributed by atoms with Gasteiger partial charge >= 0.3 is 6.03 Å². The molecule has 24 heavy (non-hydrogen) atoms. The Labute approximate surface area is 144 Å². The highest BCUT2D eigenvalue weighted by atomic mass is 32.1. The zero-order valence-electron chi connectivity index (χ0n) is 13.2. The van der Waals surface area contributed by atoms with E-state index in [4.69, 9.17) is 0 Å². The summed E-state index contributed by atoms with van der Waals surface area (Å²) in [5.41, 5.74) is 1.74. The topological polar surface area (TPSA) is 79.8 Å². The van der Waals surface area contributed by atoms with E-state index >= 15 is 0 Å². The Hall–Kier alpha value is -2.80. The largest absolute Gasteiger partial charge is 0.326 e. The lowest BCUT2D eigenvalue weighted by Gasteiger charge is -2.06. The van der Waals surface area contributed by atoms with Crippen molar-refractivity contribution in [3.05, 3.63) is 53.7 Å². The van der Waals surface area contributed by atoms with Crippen LogP contribution in [-0.4, -0.2) is 21.0 Å². The molecule has 0 radical (unpaired) electrons. The Morgan fingerprint density at radius 1 is 1.08 bits per heavy atom. The maximum atomic E-state index is 12.1. The second-order valence-electron chi connectivity index (χ2n) is 5.10. The fourth-order valence-corrected chi connectivity index (χ4v) is 2.87. The van der Waals surface area contributed by atoms with Gasteiger partial charge in [0.05, 0.1) is 5.69 Å². The van der Waals surface area contributed by atoms with Crippen LogP contribution in [0.3, 0.4) is 0 Å². The number of aromatic nitrogens is 3. The zero-order valence-corrected chi connectivity index (χ0v) is 14.0. The van der Waals surface area contributed by atoms with E-state index in [1.54, 1.807) is 17.6 Å². The second kappa shape index (κ2) is 7.65. The maximum absolute atomic E-state index is 12.1. The Kier molecular flexibility index (Phi) is 5.12. The molecule has 0 unspecified atom stereocenters. The van der Waals surface area contributed by atoms with Crippen molar-refractivity contribution < 1.29 is 4.79 Å². The van der Waals surface area contributed by atoms with Gasteiger partial charge in [0.25, 0.3) is 0 Å². The van der Waals surface area contributed by atoms with Gasteiger partial charge in [-0.1, -0.05) is 25.5 Å². The molecule has 3 aromatic heterocycles. The maximum Gasteiger partial charge on any atom is 0.326 e. The summed E-state index contributed by atoms with van der Waals surface area (Å²) in [6, 6.07) is 10.9. The van der Waals surface area contributed by atoms with Crippen LogP contribution in [0.15, 0.2) is 48.0 Å². The first-order valence-electron chi connectivity index (χ1n) is 7.65. The zero-order chi connectivity index (χ0) is 16.8. The minimum atomic E-state index is -0.367. The van der Waals surface area contributed by atoms with E-state index in [1.165, 1.54) is 11.3 Å². The van der Waals surface area contributed by atoms with E-state index < -0.39 is 0 Å². The van der Waals surface area contributed by atoms with Crippen LogP contribution < -0.4 is 10.6 Å². The molecule has 0 aliphatic heterocycles. The van der Waals surface area contributed by atoms with Crippen molar-refractivity contribution in [3.8, 4) is 10.7 Å². The van der Waals surface area contributed by atoms with E-state index in [2.05, 4.69) is 32.5 Å². The van der Waals surface area contributed by atoms with Crippen molar-refractivity contribution in [3.63, 3.8) is 0 Å². The molecule has 2 N–H and O–H groups in total. The summed E-state index contributed by atoms with van der Waals surface area (Å²) < 4.78 is 0. The molecule has 0 atom stereocenters. The number of rotatable bonds is 5. The van der Waals surface area contributed by atoms with Gasteiger partial charge in [0.15, 0.2) is 0 Å². The smallest absolute Gasteiger partial charge is 0.292 e. The van der Waals surface area contributed by atoms with Gasteiger partial charge in [-0.3, -0.25) is 15.6 Å². The summed E-state index contributed by atoms with van der Waals surface area (Å²) in [5, 5.41) is 7.98. The van der Waals surface area contributed by atoms with Crippen LogP contribution in [0.25, 0.3) is 10.7 Å². The number of nitrogens with zero attached hydrogens (tertiary/aromatic N) is 3. The molecule has 0 aromatic carbocycles. The monoisotopic (exact) mass is 339 g/mol. The normalized spacial score (nSPS) is 10.4. The van der Waals surface area contributed by atoms with E-state index in [9.17, 15) is 4.79 Å². The Morgan fingerprint density at radius 3 is 2.75 bits per heavy atom. The Bertz CT molecular complexity index is 819. The number of anilines is 2. The Balaban J connectivity index is 1.63. The van der Waals surface area contributed by atoms with Gasteiger partial charge in [-0.2, -0.15) is 0 Å². The van der Waals surface area contributed by atoms with Crippen LogP contribution in [0, 0.1) is 0 Å². The molecular formula is C17H17N5OS. The number of hydrogen-bond acceptors (Lipinski definition) is 5. The molecule has 3 heterocycles.